The Morgan fingerprint density at radius 3 is 0.863 bits per heavy atom. The van der Waals surface area contributed by atoms with Gasteiger partial charge in [0.25, 0.3) is 0 Å². The van der Waals surface area contributed by atoms with Crippen molar-refractivity contribution in [2.24, 2.45) is 0 Å². The van der Waals surface area contributed by atoms with Crippen LogP contribution in [0.25, 0.3) is 0 Å². The summed E-state index contributed by atoms with van der Waals surface area (Å²) in [6.45, 7) is 6.49. The SMILES string of the molecule is CC/C=C\C/C=C\C/C=C\C/C=C\C/C=C\C/C=C\C/C=C\CCCCCCCCCCCCCC(=O)OCC(COC(=O)CCCCCCCCCCC)OC(=O)CCCCCCC/C=C\CCCCCC. The van der Waals surface area contributed by atoms with E-state index in [-0.39, 0.29) is 31.1 Å². The van der Waals surface area contributed by atoms with Crippen LogP contribution in [-0.4, -0.2) is 37.2 Å². The molecular formula is C67H114O6. The Bertz CT molecular complexity index is 1440. The lowest BCUT2D eigenvalue weighted by atomic mass is 10.0. The van der Waals surface area contributed by atoms with Crippen LogP contribution in [0.4, 0.5) is 0 Å². The molecule has 0 aromatic rings. The smallest absolute Gasteiger partial charge is 0.306 e. The van der Waals surface area contributed by atoms with Gasteiger partial charge in [0, 0.05) is 19.3 Å². The third-order valence-corrected chi connectivity index (χ3v) is 13.1. The van der Waals surface area contributed by atoms with E-state index in [1.54, 1.807) is 0 Å². The van der Waals surface area contributed by atoms with Crippen molar-refractivity contribution in [3.63, 3.8) is 0 Å². The Morgan fingerprint density at radius 1 is 0.288 bits per heavy atom. The molecule has 0 saturated heterocycles. The van der Waals surface area contributed by atoms with Crippen LogP contribution in [0.1, 0.15) is 290 Å². The number of carbonyl (C=O) groups excluding carboxylic acids is 3. The molecule has 0 rings (SSSR count). The lowest BCUT2D eigenvalue weighted by molar-refractivity contribution is -0.167. The van der Waals surface area contributed by atoms with Gasteiger partial charge in [-0.25, -0.2) is 0 Å². The highest BCUT2D eigenvalue weighted by Crippen LogP contribution is 2.15. The lowest BCUT2D eigenvalue weighted by Gasteiger charge is -2.18. The molecule has 73 heavy (non-hydrogen) atoms. The molecular weight excluding hydrogens is 901 g/mol. The Morgan fingerprint density at radius 2 is 0.534 bits per heavy atom. The molecule has 0 radical (unpaired) electrons. The minimum atomic E-state index is -0.779. The maximum Gasteiger partial charge on any atom is 0.306 e. The summed E-state index contributed by atoms with van der Waals surface area (Å²) < 4.78 is 16.8. The predicted molar refractivity (Wildman–Crippen MR) is 316 cm³/mol. The molecule has 0 aliphatic rings. The summed E-state index contributed by atoms with van der Waals surface area (Å²) in [4.78, 5) is 38.0. The third kappa shape index (κ3) is 59.1. The van der Waals surface area contributed by atoms with Gasteiger partial charge in [0.2, 0.25) is 0 Å². The van der Waals surface area contributed by atoms with Crippen LogP contribution in [0.15, 0.2) is 97.2 Å². The molecule has 0 heterocycles. The van der Waals surface area contributed by atoms with Gasteiger partial charge in [-0.3, -0.25) is 14.4 Å². The highest BCUT2D eigenvalue weighted by molar-refractivity contribution is 5.71. The summed E-state index contributed by atoms with van der Waals surface area (Å²) in [5.41, 5.74) is 0. The van der Waals surface area contributed by atoms with Crippen molar-refractivity contribution in [1.29, 1.82) is 0 Å². The first-order chi connectivity index (χ1) is 36.0. The van der Waals surface area contributed by atoms with E-state index in [1.807, 2.05) is 0 Å². The van der Waals surface area contributed by atoms with Crippen molar-refractivity contribution >= 4 is 17.9 Å². The summed E-state index contributed by atoms with van der Waals surface area (Å²) in [6, 6.07) is 0. The molecule has 0 aliphatic heterocycles. The Kier molecular flexibility index (Phi) is 57.8. The van der Waals surface area contributed by atoms with E-state index in [0.29, 0.717) is 19.3 Å². The van der Waals surface area contributed by atoms with Crippen molar-refractivity contribution in [3.05, 3.63) is 97.2 Å². The fourth-order valence-electron chi connectivity index (χ4n) is 8.48. The van der Waals surface area contributed by atoms with Crippen LogP contribution >= 0.6 is 0 Å². The van der Waals surface area contributed by atoms with Crippen molar-refractivity contribution < 1.29 is 28.6 Å². The second-order valence-electron chi connectivity index (χ2n) is 20.2. The zero-order valence-corrected chi connectivity index (χ0v) is 47.9. The van der Waals surface area contributed by atoms with Gasteiger partial charge >= 0.3 is 17.9 Å². The lowest BCUT2D eigenvalue weighted by Crippen LogP contribution is -2.30. The van der Waals surface area contributed by atoms with Crippen LogP contribution in [0.3, 0.4) is 0 Å². The summed E-state index contributed by atoms with van der Waals surface area (Å²) >= 11 is 0. The molecule has 0 N–H and O–H groups in total. The van der Waals surface area contributed by atoms with Gasteiger partial charge < -0.3 is 14.2 Å². The quantitative estimate of drug-likeness (QED) is 0.0261. The number of rotatable bonds is 55. The Balaban J connectivity index is 4.12. The van der Waals surface area contributed by atoms with Crippen molar-refractivity contribution in [3.8, 4) is 0 Å². The predicted octanol–water partition coefficient (Wildman–Crippen LogP) is 20.9. The monoisotopic (exact) mass is 1010 g/mol. The fraction of sp³-hybridized carbons (Fsp3) is 0.716. The molecule has 418 valence electrons. The average molecular weight is 1020 g/mol. The number of unbranched alkanes of at least 4 members (excludes halogenated alkanes) is 28. The van der Waals surface area contributed by atoms with Crippen LogP contribution < -0.4 is 0 Å². The highest BCUT2D eigenvalue weighted by Gasteiger charge is 2.19. The summed E-state index contributed by atoms with van der Waals surface area (Å²) in [5.74, 6) is -0.888. The van der Waals surface area contributed by atoms with Crippen LogP contribution in [0.2, 0.25) is 0 Å². The zero-order valence-electron chi connectivity index (χ0n) is 47.9. The van der Waals surface area contributed by atoms with Crippen LogP contribution in [0.5, 0.6) is 0 Å². The van der Waals surface area contributed by atoms with Gasteiger partial charge in [0.05, 0.1) is 0 Å². The second kappa shape index (κ2) is 60.9. The molecule has 0 saturated carbocycles. The zero-order chi connectivity index (χ0) is 52.9. The molecule has 0 fully saturated rings. The highest BCUT2D eigenvalue weighted by atomic mass is 16.6. The van der Waals surface area contributed by atoms with Crippen molar-refractivity contribution in [2.45, 2.75) is 297 Å². The molecule has 0 bridgehead atoms. The summed E-state index contributed by atoms with van der Waals surface area (Å²) in [7, 11) is 0. The van der Waals surface area contributed by atoms with E-state index in [0.717, 1.165) is 116 Å². The number of esters is 3. The first-order valence-corrected chi connectivity index (χ1v) is 30.7. The minimum Gasteiger partial charge on any atom is -0.462 e. The summed E-state index contributed by atoms with van der Waals surface area (Å²) in [6.07, 6.45) is 81.4. The molecule has 0 aliphatic carbocycles. The van der Waals surface area contributed by atoms with E-state index in [4.69, 9.17) is 14.2 Å². The fourth-order valence-corrected chi connectivity index (χ4v) is 8.48. The number of ether oxygens (including phenoxy) is 3. The number of hydrogen-bond donors (Lipinski definition) is 0. The largest absolute Gasteiger partial charge is 0.462 e. The van der Waals surface area contributed by atoms with E-state index < -0.39 is 6.10 Å². The van der Waals surface area contributed by atoms with Gasteiger partial charge in [0.1, 0.15) is 13.2 Å². The number of carbonyl (C=O) groups is 3. The molecule has 0 spiro atoms. The van der Waals surface area contributed by atoms with Crippen LogP contribution in [-0.2, 0) is 28.6 Å². The van der Waals surface area contributed by atoms with Gasteiger partial charge in [-0.2, -0.15) is 0 Å². The van der Waals surface area contributed by atoms with Crippen LogP contribution in [0, 0.1) is 0 Å². The molecule has 0 aromatic heterocycles. The van der Waals surface area contributed by atoms with Crippen molar-refractivity contribution in [1.82, 2.24) is 0 Å². The van der Waals surface area contributed by atoms with Gasteiger partial charge in [-0.15, -0.1) is 0 Å². The molecule has 0 amide bonds. The molecule has 1 atom stereocenters. The topological polar surface area (TPSA) is 78.9 Å². The normalized spacial score (nSPS) is 12.8. The Hall–Kier alpha value is -3.67. The van der Waals surface area contributed by atoms with Gasteiger partial charge in [-0.05, 0) is 103 Å². The first-order valence-electron chi connectivity index (χ1n) is 30.7. The maximum absolute atomic E-state index is 12.8. The maximum atomic E-state index is 12.8. The second-order valence-corrected chi connectivity index (χ2v) is 20.2. The number of allylic oxidation sites excluding steroid dienone is 16. The van der Waals surface area contributed by atoms with E-state index >= 15 is 0 Å². The van der Waals surface area contributed by atoms with E-state index in [2.05, 4.69) is 118 Å². The molecule has 1 unspecified atom stereocenters. The molecule has 6 nitrogen and oxygen atoms in total. The van der Waals surface area contributed by atoms with E-state index in [9.17, 15) is 14.4 Å². The van der Waals surface area contributed by atoms with Gasteiger partial charge in [-0.1, -0.05) is 266 Å². The minimum absolute atomic E-state index is 0.0783. The molecule has 6 heteroatoms. The Labute approximate surface area is 451 Å². The standard InChI is InChI=1S/C67H114O6/c1-4-7-10-13-16-19-21-23-24-25-26-27-28-29-30-31-32-33-34-35-36-37-38-39-40-41-42-44-45-48-51-54-57-60-66(69)72-63-64(62-71-65(68)59-56-53-50-47-18-15-12-9-6-3)73-67(70)61-58-55-52-49-46-43-22-20-17-14-11-8-5-2/h7,10,16,19-20,22-24,26-27,29-30,32-33,35-36,64H,4-6,8-9,11-15,17-18,21,25,28,31,34,37-63H2,1-3H3/b10-7-,19-16-,22-20-,24-23-,27-26-,30-29-,33-32-,36-35-. The number of hydrogen-bond acceptors (Lipinski definition) is 6. The van der Waals surface area contributed by atoms with Crippen molar-refractivity contribution in [2.75, 3.05) is 13.2 Å². The summed E-state index contributed by atoms with van der Waals surface area (Å²) in [5, 5.41) is 0. The van der Waals surface area contributed by atoms with E-state index in [1.165, 1.54) is 135 Å². The first kappa shape index (κ1) is 69.3. The third-order valence-electron chi connectivity index (χ3n) is 13.1. The van der Waals surface area contributed by atoms with Gasteiger partial charge in [0.15, 0.2) is 6.10 Å². The average Bonchev–Trinajstić information content (AvgIpc) is 3.39. The molecule has 0 aromatic carbocycles.